The van der Waals surface area contributed by atoms with Crippen LogP contribution >= 0.6 is 23.2 Å². The Morgan fingerprint density at radius 3 is 2.76 bits per heavy atom. The molecule has 0 aliphatic carbocycles. The summed E-state index contributed by atoms with van der Waals surface area (Å²) in [7, 11) is 0. The van der Waals surface area contributed by atoms with Gasteiger partial charge in [-0.15, -0.1) is 0 Å². The number of nitro benzene ring substituents is 1. The largest absolute Gasteiger partial charge is 0.419 e. The quantitative estimate of drug-likeness (QED) is 0.287. The molecular formula is C21H17Cl2N5O5. The van der Waals surface area contributed by atoms with Crippen LogP contribution in [0.25, 0.3) is 11.1 Å². The first-order chi connectivity index (χ1) is 15.8. The molecule has 2 aromatic heterocycles. The number of aromatic nitrogens is 3. The first-order valence-corrected chi connectivity index (χ1v) is 10.6. The highest BCUT2D eigenvalue weighted by Crippen LogP contribution is 2.23. The monoisotopic (exact) mass is 489 g/mol. The van der Waals surface area contributed by atoms with E-state index in [0.717, 1.165) is 5.56 Å². The van der Waals surface area contributed by atoms with Crippen LogP contribution in [0.3, 0.4) is 0 Å². The summed E-state index contributed by atoms with van der Waals surface area (Å²) in [5.41, 5.74) is 1.19. The second-order valence-corrected chi connectivity index (χ2v) is 8.03. The van der Waals surface area contributed by atoms with Crippen molar-refractivity contribution < 1.29 is 14.1 Å². The molecule has 33 heavy (non-hydrogen) atoms. The lowest BCUT2D eigenvalue weighted by Crippen LogP contribution is -2.18. The Balaban J connectivity index is 1.37. The summed E-state index contributed by atoms with van der Waals surface area (Å²) in [4.78, 5) is 34.9. The molecule has 0 radical (unpaired) electrons. The van der Waals surface area contributed by atoms with Crippen molar-refractivity contribution in [3.63, 3.8) is 0 Å². The first kappa shape index (κ1) is 22.6. The molecule has 170 valence electrons. The molecule has 1 amide bonds. The van der Waals surface area contributed by atoms with Crippen molar-refractivity contribution in [1.82, 2.24) is 14.3 Å². The van der Waals surface area contributed by atoms with E-state index >= 15 is 0 Å². The van der Waals surface area contributed by atoms with E-state index in [4.69, 9.17) is 27.6 Å². The molecule has 0 bridgehead atoms. The molecule has 0 spiro atoms. The summed E-state index contributed by atoms with van der Waals surface area (Å²) < 4.78 is 8.05. The van der Waals surface area contributed by atoms with Gasteiger partial charge >= 0.3 is 5.76 Å². The minimum absolute atomic E-state index is 0.128. The van der Waals surface area contributed by atoms with Gasteiger partial charge in [0, 0.05) is 35.1 Å². The van der Waals surface area contributed by atoms with Gasteiger partial charge in [-0.1, -0.05) is 29.3 Å². The van der Waals surface area contributed by atoms with Gasteiger partial charge in [0.25, 0.3) is 5.69 Å². The predicted octanol–water partition coefficient (Wildman–Crippen LogP) is 4.47. The molecule has 2 heterocycles. The summed E-state index contributed by atoms with van der Waals surface area (Å²) in [6.07, 6.45) is 2.06. The van der Waals surface area contributed by atoms with E-state index in [1.54, 1.807) is 35.1 Å². The molecule has 0 aliphatic rings. The van der Waals surface area contributed by atoms with Crippen LogP contribution in [0.2, 0.25) is 10.0 Å². The molecule has 0 saturated carbocycles. The van der Waals surface area contributed by atoms with Crippen molar-refractivity contribution in [3.05, 3.63) is 84.9 Å². The van der Waals surface area contributed by atoms with Gasteiger partial charge in [-0.2, -0.15) is 5.10 Å². The predicted molar refractivity (Wildman–Crippen MR) is 123 cm³/mol. The van der Waals surface area contributed by atoms with Crippen LogP contribution < -0.4 is 11.1 Å². The van der Waals surface area contributed by atoms with Crippen LogP contribution in [0, 0.1) is 10.1 Å². The van der Waals surface area contributed by atoms with Crippen molar-refractivity contribution in [2.24, 2.45) is 0 Å². The number of nitro groups is 1. The van der Waals surface area contributed by atoms with Crippen molar-refractivity contribution >= 4 is 51.7 Å². The summed E-state index contributed by atoms with van der Waals surface area (Å²) in [5, 5.41) is 18.9. The second kappa shape index (κ2) is 9.47. The van der Waals surface area contributed by atoms with Gasteiger partial charge in [-0.3, -0.25) is 19.5 Å². The number of halogens is 2. The number of oxazole rings is 1. The molecule has 12 heteroatoms. The zero-order valence-electron chi connectivity index (χ0n) is 17.0. The zero-order valence-corrected chi connectivity index (χ0v) is 18.5. The molecule has 0 atom stereocenters. The number of amides is 1. The Kier molecular flexibility index (Phi) is 6.47. The molecule has 2 aromatic carbocycles. The number of anilines is 1. The number of carbonyl (C=O) groups is 1. The minimum Gasteiger partial charge on any atom is -0.407 e. The fraction of sp³-hybridized carbons (Fsp3) is 0.190. The summed E-state index contributed by atoms with van der Waals surface area (Å²) in [6.45, 7) is 0.567. The van der Waals surface area contributed by atoms with Gasteiger partial charge in [0.05, 0.1) is 29.2 Å². The molecule has 0 fully saturated rings. The number of non-ortho nitro benzene ring substituents is 1. The van der Waals surface area contributed by atoms with E-state index in [0.29, 0.717) is 34.3 Å². The maximum Gasteiger partial charge on any atom is 0.419 e. The third-order valence-electron chi connectivity index (χ3n) is 4.97. The first-order valence-electron chi connectivity index (χ1n) is 9.85. The Morgan fingerprint density at radius 1 is 1.18 bits per heavy atom. The van der Waals surface area contributed by atoms with Crippen LogP contribution in [0.15, 0.2) is 57.9 Å². The fourth-order valence-corrected chi connectivity index (χ4v) is 3.83. The van der Waals surface area contributed by atoms with E-state index in [-0.39, 0.29) is 30.1 Å². The van der Waals surface area contributed by atoms with Crippen LogP contribution in [0.1, 0.15) is 18.4 Å². The number of rotatable bonds is 8. The number of nitrogens with one attached hydrogen (secondary N) is 1. The number of carbonyl (C=O) groups excluding carboxylic acids is 1. The van der Waals surface area contributed by atoms with Crippen LogP contribution in [0.5, 0.6) is 0 Å². The second-order valence-electron chi connectivity index (χ2n) is 7.19. The smallest absolute Gasteiger partial charge is 0.407 e. The highest BCUT2D eigenvalue weighted by atomic mass is 35.5. The van der Waals surface area contributed by atoms with Crippen molar-refractivity contribution in [2.45, 2.75) is 25.9 Å². The van der Waals surface area contributed by atoms with Crippen LogP contribution in [-0.4, -0.2) is 25.2 Å². The molecule has 0 unspecified atom stereocenters. The topological polar surface area (TPSA) is 125 Å². The lowest BCUT2D eigenvalue weighted by molar-refractivity contribution is -0.384. The van der Waals surface area contributed by atoms with Gasteiger partial charge in [0.15, 0.2) is 5.58 Å². The average Bonchev–Trinajstić information content (AvgIpc) is 3.32. The lowest BCUT2D eigenvalue weighted by Gasteiger charge is -2.10. The Hall–Kier alpha value is -3.63. The third-order valence-corrected chi connectivity index (χ3v) is 5.55. The number of hydrogen-bond acceptors (Lipinski definition) is 6. The SMILES string of the molecule is O=C(CCCn1c(=O)oc2cc([N+](=O)[O-])ccc21)Nc1ccnn1Cc1ccc(Cl)cc1Cl. The molecule has 4 aromatic rings. The van der Waals surface area contributed by atoms with Crippen molar-refractivity contribution in [1.29, 1.82) is 0 Å². The molecular weight excluding hydrogens is 473 g/mol. The minimum atomic E-state index is -0.635. The summed E-state index contributed by atoms with van der Waals surface area (Å²) in [6, 6.07) is 10.8. The van der Waals surface area contributed by atoms with Gasteiger partial charge in [0.1, 0.15) is 5.82 Å². The number of aryl methyl sites for hydroxylation is 1. The van der Waals surface area contributed by atoms with E-state index in [1.165, 1.54) is 22.8 Å². The summed E-state index contributed by atoms with van der Waals surface area (Å²) >= 11 is 12.1. The van der Waals surface area contributed by atoms with Crippen LogP contribution in [0.4, 0.5) is 11.5 Å². The van der Waals surface area contributed by atoms with E-state index in [1.807, 2.05) is 0 Å². The Labute approximate surface area is 196 Å². The molecule has 10 nitrogen and oxygen atoms in total. The standard InChI is InChI=1S/C21H17Cl2N5O5/c22-14-4-3-13(16(23)10-14)12-27-19(7-8-24-27)25-20(29)2-1-9-26-17-6-5-15(28(31)32)11-18(17)33-21(26)30/h3-8,10-11H,1-2,9,12H2,(H,25,29). The van der Waals surface area contributed by atoms with E-state index in [2.05, 4.69) is 10.4 Å². The van der Waals surface area contributed by atoms with Crippen LogP contribution in [-0.2, 0) is 17.9 Å². The van der Waals surface area contributed by atoms with Gasteiger partial charge in [0.2, 0.25) is 5.91 Å². The van der Waals surface area contributed by atoms with E-state index < -0.39 is 10.7 Å². The highest BCUT2D eigenvalue weighted by Gasteiger charge is 2.15. The van der Waals surface area contributed by atoms with Crippen molar-refractivity contribution in [3.8, 4) is 0 Å². The maximum absolute atomic E-state index is 12.4. The lowest BCUT2D eigenvalue weighted by atomic mass is 10.2. The number of hydrogen-bond donors (Lipinski definition) is 1. The van der Waals surface area contributed by atoms with Gasteiger partial charge in [-0.05, 0) is 30.2 Å². The van der Waals surface area contributed by atoms with E-state index in [9.17, 15) is 19.7 Å². The normalized spacial score (nSPS) is 11.1. The van der Waals surface area contributed by atoms with Gasteiger partial charge in [-0.25, -0.2) is 9.48 Å². The number of fused-ring (bicyclic) bond motifs is 1. The molecule has 0 aliphatic heterocycles. The number of nitrogens with zero attached hydrogens (tertiary/aromatic N) is 4. The fourth-order valence-electron chi connectivity index (χ4n) is 3.36. The highest BCUT2D eigenvalue weighted by molar-refractivity contribution is 6.35. The molecule has 0 saturated heterocycles. The number of benzene rings is 2. The zero-order chi connectivity index (χ0) is 23.5. The molecule has 1 N–H and O–H groups in total. The Morgan fingerprint density at radius 2 is 2.00 bits per heavy atom. The summed E-state index contributed by atoms with van der Waals surface area (Å²) in [5.74, 6) is -0.386. The third kappa shape index (κ3) is 5.07. The maximum atomic E-state index is 12.4. The Bertz CT molecular complexity index is 1410. The van der Waals surface area contributed by atoms with Crippen molar-refractivity contribution in [2.75, 3.05) is 5.32 Å². The average molecular weight is 490 g/mol. The van der Waals surface area contributed by atoms with Gasteiger partial charge < -0.3 is 9.73 Å². The molecule has 4 rings (SSSR count).